The molecule has 1 saturated heterocycles. The normalized spacial score (nSPS) is 25.2. The molecule has 0 aromatic heterocycles. The molecule has 1 aromatic carbocycles. The third-order valence-corrected chi connectivity index (χ3v) is 7.49. The molecule has 40 heavy (non-hydrogen) atoms. The predicted octanol–water partition coefficient (Wildman–Crippen LogP) is 0.842. The minimum Gasteiger partial charge on any atom is -0.477 e. The molecule has 3 rings (SSSR count). The van der Waals surface area contributed by atoms with Crippen LogP contribution in [-0.2, 0) is 19.1 Å². The van der Waals surface area contributed by atoms with Gasteiger partial charge in [0.05, 0.1) is 24.9 Å². The van der Waals surface area contributed by atoms with Gasteiger partial charge in [0.15, 0.2) is 0 Å². The van der Waals surface area contributed by atoms with Crippen LogP contribution < -0.4 is 10.6 Å². The third kappa shape index (κ3) is 8.05. The minimum atomic E-state index is -2.30. The van der Waals surface area contributed by atoms with Gasteiger partial charge in [0.1, 0.15) is 12.2 Å². The first-order valence-corrected chi connectivity index (χ1v) is 14.2. The first-order chi connectivity index (χ1) is 19.1. The van der Waals surface area contributed by atoms with Crippen molar-refractivity contribution in [3.63, 3.8) is 0 Å². The lowest BCUT2D eigenvalue weighted by atomic mass is 9.88. The van der Waals surface area contributed by atoms with Crippen LogP contribution in [0.4, 0.5) is 0 Å². The Morgan fingerprint density at radius 3 is 2.58 bits per heavy atom. The molecule has 11 nitrogen and oxygen atoms in total. The molecule has 0 spiro atoms. The molecule has 1 aliphatic carbocycles. The zero-order chi connectivity index (χ0) is 29.3. The summed E-state index contributed by atoms with van der Waals surface area (Å²) in [5.74, 6) is -3.28. The highest BCUT2D eigenvalue weighted by Crippen LogP contribution is 2.33. The summed E-state index contributed by atoms with van der Waals surface area (Å²) in [6.07, 6.45) is -0.943. The fraction of sp³-hybridized carbons (Fsp3) is 0.500. The van der Waals surface area contributed by atoms with Gasteiger partial charge in [-0.3, -0.25) is 9.59 Å². The Morgan fingerprint density at radius 2 is 1.98 bits per heavy atom. The molecule has 2 aliphatic rings. The van der Waals surface area contributed by atoms with Gasteiger partial charge in [-0.05, 0) is 47.8 Å². The largest absolute Gasteiger partial charge is 0.477 e. The summed E-state index contributed by atoms with van der Waals surface area (Å²) in [5.41, 5.74) is 5.15. The molecular weight excluding hydrogens is 540 g/mol. The molecule has 12 heteroatoms. The molecule has 6 N–H and O–H groups in total. The number of rotatable bonds is 14. The SMILES string of the molecule is CCSCCCO[C@]1(C(=O)O)CC(O)[C@@H](NC(C)=O)C(C(O)[C@H](O)CNC(=O)c2ccc(C3=C=CC=C3)cc2)O1. The zero-order valence-corrected chi connectivity index (χ0v) is 23.2. The number of thioether (sulfide) groups is 1. The highest BCUT2D eigenvalue weighted by atomic mass is 32.2. The van der Waals surface area contributed by atoms with E-state index < -0.39 is 67.0 Å². The maximum absolute atomic E-state index is 12.7. The summed E-state index contributed by atoms with van der Waals surface area (Å²) in [7, 11) is 0. The topological polar surface area (TPSA) is 175 Å². The van der Waals surface area contributed by atoms with Crippen LogP contribution in [0.15, 0.2) is 48.2 Å². The number of nitrogens with one attached hydrogen (secondary N) is 2. The summed E-state index contributed by atoms with van der Waals surface area (Å²) >= 11 is 1.65. The number of ether oxygens (including phenoxy) is 2. The molecule has 1 heterocycles. The molecule has 1 aliphatic heterocycles. The van der Waals surface area contributed by atoms with E-state index in [9.17, 15) is 34.8 Å². The quantitative estimate of drug-likeness (QED) is 0.138. The monoisotopic (exact) mass is 576 g/mol. The Morgan fingerprint density at radius 1 is 1.25 bits per heavy atom. The molecular formula is C28H36N2O9S. The van der Waals surface area contributed by atoms with Crippen LogP contribution in [-0.4, -0.2) is 99.1 Å². The zero-order valence-electron chi connectivity index (χ0n) is 22.4. The number of aliphatic hydroxyl groups is 3. The number of aliphatic carboxylic acids is 1. The number of carboxylic acids is 1. The molecule has 3 unspecified atom stereocenters. The predicted molar refractivity (Wildman–Crippen MR) is 148 cm³/mol. The number of hydrogen-bond acceptors (Lipinski definition) is 9. The van der Waals surface area contributed by atoms with Crippen LogP contribution in [0.25, 0.3) is 5.57 Å². The van der Waals surface area contributed by atoms with Gasteiger partial charge in [-0.1, -0.05) is 25.1 Å². The van der Waals surface area contributed by atoms with Crippen molar-refractivity contribution < 1.29 is 44.3 Å². The maximum atomic E-state index is 12.7. The van der Waals surface area contributed by atoms with Gasteiger partial charge in [0.25, 0.3) is 11.7 Å². The fourth-order valence-electron chi connectivity index (χ4n) is 4.44. The van der Waals surface area contributed by atoms with Crippen molar-refractivity contribution in [1.82, 2.24) is 10.6 Å². The summed E-state index contributed by atoms with van der Waals surface area (Å²) in [5, 5.41) is 47.4. The molecule has 0 bridgehead atoms. The first-order valence-electron chi connectivity index (χ1n) is 13.0. The van der Waals surface area contributed by atoms with Crippen molar-refractivity contribution in [3.8, 4) is 0 Å². The Labute approximate surface area is 236 Å². The number of carboxylic acid groups (broad SMARTS) is 1. The van der Waals surface area contributed by atoms with Crippen LogP contribution in [0, 0.1) is 0 Å². The third-order valence-electron chi connectivity index (χ3n) is 6.50. The lowest BCUT2D eigenvalue weighted by Crippen LogP contribution is -2.68. The highest BCUT2D eigenvalue weighted by Gasteiger charge is 2.55. The summed E-state index contributed by atoms with van der Waals surface area (Å²) in [4.78, 5) is 36.7. The molecule has 6 atom stereocenters. The molecule has 2 amide bonds. The number of amides is 2. The summed E-state index contributed by atoms with van der Waals surface area (Å²) < 4.78 is 11.3. The fourth-order valence-corrected chi connectivity index (χ4v) is 5.05. The van der Waals surface area contributed by atoms with Gasteiger partial charge in [-0.25, -0.2) is 4.79 Å². The average Bonchev–Trinajstić information content (AvgIpc) is 3.47. The van der Waals surface area contributed by atoms with E-state index >= 15 is 0 Å². The van der Waals surface area contributed by atoms with Gasteiger partial charge >= 0.3 is 5.97 Å². The molecule has 1 aromatic rings. The van der Waals surface area contributed by atoms with E-state index in [0.717, 1.165) is 22.6 Å². The van der Waals surface area contributed by atoms with Crippen LogP contribution in [0.5, 0.6) is 0 Å². The number of allylic oxidation sites excluding steroid dienone is 3. The van der Waals surface area contributed by atoms with Crippen molar-refractivity contribution in [2.75, 3.05) is 24.7 Å². The van der Waals surface area contributed by atoms with Gasteiger partial charge in [0.2, 0.25) is 5.91 Å². The highest BCUT2D eigenvalue weighted by molar-refractivity contribution is 7.99. The van der Waals surface area contributed by atoms with E-state index in [1.54, 1.807) is 42.1 Å². The number of carbonyl (C=O) groups excluding carboxylic acids is 2. The standard InChI is InChI=1S/C28H36N2O9S/c1-3-40-14-6-13-38-28(27(36)37)15-21(32)23(30-17(2)31)25(39-28)24(34)22(33)16-29-26(35)20-11-9-19(10-12-20)18-7-4-5-8-18/h4-5,7,9-12,21-25,32-34H,3,6,13-16H2,1-2H3,(H,29,35)(H,30,31)(H,36,37)/t21?,22-,23-,24?,25?,28-/m1/s1. The average molecular weight is 577 g/mol. The number of hydrogen-bond donors (Lipinski definition) is 6. The van der Waals surface area contributed by atoms with Gasteiger partial charge in [-0.15, -0.1) is 5.73 Å². The van der Waals surface area contributed by atoms with Crippen molar-refractivity contribution in [2.45, 2.75) is 62.9 Å². The molecule has 0 saturated carbocycles. The molecule has 1 fully saturated rings. The number of carbonyl (C=O) groups is 3. The van der Waals surface area contributed by atoms with Crippen molar-refractivity contribution in [2.24, 2.45) is 0 Å². The second kappa shape index (κ2) is 14.6. The first kappa shape index (κ1) is 31.6. The van der Waals surface area contributed by atoms with Gasteiger partial charge in [-0.2, -0.15) is 11.8 Å². The van der Waals surface area contributed by atoms with Crippen molar-refractivity contribution in [3.05, 3.63) is 59.4 Å². The van der Waals surface area contributed by atoms with Crippen molar-refractivity contribution >= 4 is 35.1 Å². The van der Waals surface area contributed by atoms with E-state index in [0.29, 0.717) is 12.0 Å². The Hall–Kier alpha value is -2.96. The second-order valence-electron chi connectivity index (χ2n) is 9.47. The van der Waals surface area contributed by atoms with E-state index in [1.165, 1.54) is 6.92 Å². The maximum Gasteiger partial charge on any atom is 0.364 e. The van der Waals surface area contributed by atoms with E-state index in [2.05, 4.69) is 16.4 Å². The molecule has 218 valence electrons. The Bertz CT molecular complexity index is 1150. The van der Waals surface area contributed by atoms with Crippen LogP contribution in [0.1, 0.15) is 42.6 Å². The van der Waals surface area contributed by atoms with E-state index in [1.807, 2.05) is 19.1 Å². The van der Waals surface area contributed by atoms with Gasteiger partial charge in [0, 0.05) is 31.0 Å². The molecule has 0 radical (unpaired) electrons. The number of aliphatic hydroxyl groups excluding tert-OH is 3. The van der Waals surface area contributed by atoms with Crippen LogP contribution in [0.3, 0.4) is 0 Å². The van der Waals surface area contributed by atoms with Crippen LogP contribution >= 0.6 is 11.8 Å². The summed E-state index contributed by atoms with van der Waals surface area (Å²) in [6.45, 7) is 2.78. The van der Waals surface area contributed by atoms with Crippen molar-refractivity contribution in [1.29, 1.82) is 0 Å². The smallest absolute Gasteiger partial charge is 0.364 e. The minimum absolute atomic E-state index is 0.0148. The van der Waals surface area contributed by atoms with Gasteiger partial charge < -0.3 is 40.5 Å². The Balaban J connectivity index is 1.69. The lowest BCUT2D eigenvalue weighted by Gasteiger charge is -2.46. The lowest BCUT2D eigenvalue weighted by molar-refractivity contribution is -0.310. The summed E-state index contributed by atoms with van der Waals surface area (Å²) in [6, 6.07) is 5.49. The Kier molecular flexibility index (Phi) is 11.5. The second-order valence-corrected chi connectivity index (χ2v) is 10.9. The number of benzene rings is 1. The van der Waals surface area contributed by atoms with E-state index in [4.69, 9.17) is 9.47 Å². The van der Waals surface area contributed by atoms with Crippen LogP contribution in [0.2, 0.25) is 0 Å². The van der Waals surface area contributed by atoms with E-state index in [-0.39, 0.29) is 6.61 Å².